The molecular formula is C12H12N10O4. The molecule has 2 N–H and O–H groups in total. The highest BCUT2D eigenvalue weighted by atomic mass is 16.6. The smallest absolute Gasteiger partial charge is 0.345 e. The zero-order chi connectivity index (χ0) is 18.7. The minimum atomic E-state index is -0.535. The second kappa shape index (κ2) is 6.80. The van der Waals surface area contributed by atoms with Gasteiger partial charge in [-0.1, -0.05) is 5.10 Å². The highest BCUT2D eigenvalue weighted by molar-refractivity contribution is 5.52. The van der Waals surface area contributed by atoms with E-state index in [2.05, 4.69) is 30.6 Å². The molecule has 0 saturated heterocycles. The number of aromatic nitrogens is 8. The van der Waals surface area contributed by atoms with Crippen LogP contribution in [0.1, 0.15) is 0 Å². The summed E-state index contributed by atoms with van der Waals surface area (Å²) in [5, 5.41) is 32.6. The molecule has 134 valence electrons. The topological polar surface area (TPSA) is 183 Å². The summed E-state index contributed by atoms with van der Waals surface area (Å²) in [6.07, 6.45) is 2.38. The predicted octanol–water partition coefficient (Wildman–Crippen LogP) is 0.431. The Hall–Kier alpha value is -4.10. The van der Waals surface area contributed by atoms with Crippen LogP contribution in [0.3, 0.4) is 0 Å². The first-order valence-electron chi connectivity index (χ1n) is 6.96. The Morgan fingerprint density at radius 1 is 1.00 bits per heavy atom. The summed E-state index contributed by atoms with van der Waals surface area (Å²) in [7, 11) is 3.22. The zero-order valence-corrected chi connectivity index (χ0v) is 13.5. The van der Waals surface area contributed by atoms with E-state index in [0.717, 1.165) is 11.1 Å². The molecular weight excluding hydrogens is 348 g/mol. The second-order valence-electron chi connectivity index (χ2n) is 4.83. The Balaban J connectivity index is 0.000000152. The van der Waals surface area contributed by atoms with Gasteiger partial charge >= 0.3 is 5.82 Å². The van der Waals surface area contributed by atoms with Crippen LogP contribution >= 0.6 is 0 Å². The molecule has 4 rings (SSSR count). The number of aryl methyl sites for hydroxylation is 2. The van der Waals surface area contributed by atoms with Crippen molar-refractivity contribution in [3.8, 4) is 23.2 Å². The van der Waals surface area contributed by atoms with Crippen LogP contribution in [-0.2, 0) is 14.1 Å². The molecule has 0 atom stereocenters. The van der Waals surface area contributed by atoms with Gasteiger partial charge in [-0.25, -0.2) is 0 Å². The molecule has 0 aliphatic rings. The Kier molecular flexibility index (Phi) is 4.38. The van der Waals surface area contributed by atoms with Crippen molar-refractivity contribution in [2.24, 2.45) is 14.1 Å². The molecule has 0 spiro atoms. The van der Waals surface area contributed by atoms with Crippen LogP contribution in [0.4, 0.5) is 11.6 Å². The third kappa shape index (κ3) is 3.37. The van der Waals surface area contributed by atoms with Gasteiger partial charge in [0.2, 0.25) is 12.8 Å². The minimum Gasteiger partial charge on any atom is -0.422 e. The standard InChI is InChI=1S/C6H5N5O3.C6H7N5O/c1-10-5(11(12)13)2-4(9-10)6-8-7-3-14-6;1-11-5(7)2-4(10-11)6-9-8-3-12-6/h2-3H,1H3;2-3H,7H2,1H3. The van der Waals surface area contributed by atoms with E-state index in [-0.39, 0.29) is 17.4 Å². The first-order chi connectivity index (χ1) is 12.5. The monoisotopic (exact) mass is 360 g/mol. The van der Waals surface area contributed by atoms with E-state index in [1.54, 1.807) is 17.8 Å². The molecule has 0 amide bonds. The van der Waals surface area contributed by atoms with E-state index >= 15 is 0 Å². The molecule has 0 aliphatic heterocycles. The molecule has 4 aromatic rings. The van der Waals surface area contributed by atoms with Gasteiger partial charge in [0.25, 0.3) is 11.8 Å². The summed E-state index contributed by atoms with van der Waals surface area (Å²) >= 11 is 0. The number of nitrogens with two attached hydrogens (primary N) is 1. The van der Waals surface area contributed by atoms with Gasteiger partial charge < -0.3 is 24.7 Å². The zero-order valence-electron chi connectivity index (χ0n) is 13.5. The summed E-state index contributed by atoms with van der Waals surface area (Å²) in [5.74, 6) is 0.970. The summed E-state index contributed by atoms with van der Waals surface area (Å²) in [6.45, 7) is 0. The van der Waals surface area contributed by atoms with Crippen molar-refractivity contribution in [3.63, 3.8) is 0 Å². The largest absolute Gasteiger partial charge is 0.422 e. The average molecular weight is 360 g/mol. The van der Waals surface area contributed by atoms with Crippen LogP contribution < -0.4 is 5.73 Å². The fraction of sp³-hybridized carbons (Fsp3) is 0.167. The maximum absolute atomic E-state index is 10.5. The quantitative estimate of drug-likeness (QED) is 0.394. The van der Waals surface area contributed by atoms with Gasteiger partial charge in [0, 0.05) is 13.1 Å². The molecule has 14 nitrogen and oxygen atoms in total. The van der Waals surface area contributed by atoms with Gasteiger partial charge in [0.15, 0.2) is 11.4 Å². The predicted molar refractivity (Wildman–Crippen MR) is 84.1 cm³/mol. The SMILES string of the molecule is Cn1nc(-c2nnco2)cc1N.Cn1nc(-c2nnco2)cc1[N+](=O)[O-]. The molecule has 0 fully saturated rings. The fourth-order valence-electron chi connectivity index (χ4n) is 1.89. The minimum absolute atomic E-state index is 0.127. The lowest BCUT2D eigenvalue weighted by Crippen LogP contribution is -1.97. The number of nitrogen functional groups attached to an aromatic ring is 1. The number of hydrogen-bond acceptors (Lipinski definition) is 11. The summed E-state index contributed by atoms with van der Waals surface area (Å²) in [4.78, 5) is 9.95. The van der Waals surface area contributed by atoms with Gasteiger partial charge in [-0.3, -0.25) is 4.68 Å². The maximum atomic E-state index is 10.5. The van der Waals surface area contributed by atoms with Crippen molar-refractivity contribution in [2.75, 3.05) is 5.73 Å². The van der Waals surface area contributed by atoms with Gasteiger partial charge in [0.05, 0.1) is 6.07 Å². The summed E-state index contributed by atoms with van der Waals surface area (Å²) in [5.41, 5.74) is 6.44. The maximum Gasteiger partial charge on any atom is 0.345 e. The van der Waals surface area contributed by atoms with Crippen molar-refractivity contribution in [3.05, 3.63) is 35.0 Å². The number of hydrogen-bond donors (Lipinski definition) is 1. The van der Waals surface area contributed by atoms with E-state index in [9.17, 15) is 10.1 Å². The summed E-state index contributed by atoms with van der Waals surface area (Å²) < 4.78 is 12.5. The number of anilines is 1. The third-order valence-corrected chi connectivity index (χ3v) is 3.12. The average Bonchev–Trinajstić information content (AvgIpc) is 3.35. The number of nitro groups is 1. The molecule has 4 heterocycles. The Morgan fingerprint density at radius 3 is 1.92 bits per heavy atom. The van der Waals surface area contributed by atoms with E-state index in [4.69, 9.17) is 14.6 Å². The first kappa shape index (κ1) is 16.7. The molecule has 4 aromatic heterocycles. The third-order valence-electron chi connectivity index (χ3n) is 3.12. The van der Waals surface area contributed by atoms with Crippen LogP contribution in [0.2, 0.25) is 0 Å². The number of nitrogens with zero attached hydrogens (tertiary/aromatic N) is 9. The molecule has 0 aliphatic carbocycles. The summed E-state index contributed by atoms with van der Waals surface area (Å²) in [6, 6.07) is 2.95. The van der Waals surface area contributed by atoms with E-state index in [1.807, 2.05) is 0 Å². The lowest BCUT2D eigenvalue weighted by atomic mass is 10.4. The normalized spacial score (nSPS) is 10.4. The highest BCUT2D eigenvalue weighted by Crippen LogP contribution is 2.20. The van der Waals surface area contributed by atoms with Crippen LogP contribution in [-0.4, -0.2) is 44.9 Å². The lowest BCUT2D eigenvalue weighted by Gasteiger charge is -1.89. The lowest BCUT2D eigenvalue weighted by molar-refractivity contribution is -0.392. The van der Waals surface area contributed by atoms with Gasteiger partial charge in [-0.05, 0) is 4.92 Å². The second-order valence-corrected chi connectivity index (χ2v) is 4.83. The molecule has 0 radical (unpaired) electrons. The molecule has 0 aromatic carbocycles. The Labute approximate surface area is 144 Å². The van der Waals surface area contributed by atoms with Crippen molar-refractivity contribution in [2.45, 2.75) is 0 Å². The van der Waals surface area contributed by atoms with Crippen molar-refractivity contribution in [1.29, 1.82) is 0 Å². The van der Waals surface area contributed by atoms with Gasteiger partial charge in [-0.2, -0.15) is 5.10 Å². The molecule has 0 bridgehead atoms. The van der Waals surface area contributed by atoms with E-state index < -0.39 is 4.92 Å². The van der Waals surface area contributed by atoms with E-state index in [0.29, 0.717) is 17.4 Å². The Bertz CT molecular complexity index is 982. The molecule has 14 heteroatoms. The van der Waals surface area contributed by atoms with Crippen LogP contribution in [0.25, 0.3) is 23.2 Å². The molecule has 26 heavy (non-hydrogen) atoms. The van der Waals surface area contributed by atoms with Crippen molar-refractivity contribution in [1.82, 2.24) is 40.0 Å². The Morgan fingerprint density at radius 2 is 1.54 bits per heavy atom. The van der Waals surface area contributed by atoms with Crippen molar-refractivity contribution >= 4 is 11.6 Å². The van der Waals surface area contributed by atoms with Crippen molar-refractivity contribution < 1.29 is 13.8 Å². The first-order valence-corrected chi connectivity index (χ1v) is 6.96. The van der Waals surface area contributed by atoms with Crippen LogP contribution in [0, 0.1) is 10.1 Å². The molecule has 0 saturated carbocycles. The fourth-order valence-corrected chi connectivity index (χ4v) is 1.89. The van der Waals surface area contributed by atoms with E-state index in [1.165, 1.54) is 19.5 Å². The van der Waals surface area contributed by atoms with Gasteiger partial charge in [0.1, 0.15) is 12.9 Å². The highest BCUT2D eigenvalue weighted by Gasteiger charge is 2.18. The van der Waals surface area contributed by atoms with Crippen LogP contribution in [0.5, 0.6) is 0 Å². The molecule has 0 unspecified atom stereocenters. The van der Waals surface area contributed by atoms with Crippen LogP contribution in [0.15, 0.2) is 33.8 Å². The number of rotatable bonds is 3. The van der Waals surface area contributed by atoms with Gasteiger partial charge in [-0.15, -0.1) is 25.1 Å².